The smallest absolute Gasteiger partial charge is 0.254 e. The van der Waals surface area contributed by atoms with E-state index in [0.29, 0.717) is 17.9 Å². The molecular weight excluding hydrogens is 293 g/mol. The minimum absolute atomic E-state index is 0.0951. The van der Waals surface area contributed by atoms with Crippen molar-refractivity contribution in [1.82, 2.24) is 5.32 Å². The van der Waals surface area contributed by atoms with Crippen molar-refractivity contribution in [2.24, 2.45) is 5.41 Å². The second-order valence-electron chi connectivity index (χ2n) is 6.70. The van der Waals surface area contributed by atoms with Crippen LogP contribution in [0.4, 0.5) is 4.39 Å². The number of halogens is 2. The maximum atomic E-state index is 13.6. The van der Waals surface area contributed by atoms with Crippen molar-refractivity contribution in [2.45, 2.75) is 45.1 Å². The van der Waals surface area contributed by atoms with Gasteiger partial charge in [-0.3, -0.25) is 4.79 Å². The van der Waals surface area contributed by atoms with Gasteiger partial charge in [0.25, 0.3) is 5.91 Å². The van der Waals surface area contributed by atoms with E-state index in [4.69, 9.17) is 11.6 Å². The Labute approximate surface area is 129 Å². The lowest BCUT2D eigenvalue weighted by Gasteiger charge is -2.40. The Hall–Kier alpha value is -1.13. The molecule has 1 saturated carbocycles. The van der Waals surface area contributed by atoms with Gasteiger partial charge >= 0.3 is 0 Å². The van der Waals surface area contributed by atoms with Crippen molar-refractivity contribution >= 4 is 17.5 Å². The van der Waals surface area contributed by atoms with Gasteiger partial charge in [-0.05, 0) is 49.3 Å². The molecule has 0 unspecified atom stereocenters. The molecule has 1 amide bonds. The van der Waals surface area contributed by atoms with Gasteiger partial charge in [0.15, 0.2) is 0 Å². The number of nitrogens with one attached hydrogen (secondary N) is 1. The van der Waals surface area contributed by atoms with Gasteiger partial charge in [0.2, 0.25) is 0 Å². The van der Waals surface area contributed by atoms with Crippen LogP contribution in [-0.2, 0) is 0 Å². The first-order valence-corrected chi connectivity index (χ1v) is 7.54. The molecule has 3 nitrogen and oxygen atoms in total. The molecule has 5 heteroatoms. The average Bonchev–Trinajstić information content (AvgIpc) is 2.43. The molecule has 116 valence electrons. The van der Waals surface area contributed by atoms with Crippen LogP contribution in [0.25, 0.3) is 0 Å². The molecule has 1 aliphatic carbocycles. The summed E-state index contributed by atoms with van der Waals surface area (Å²) in [6.07, 6.45) is 3.09. The highest BCUT2D eigenvalue weighted by molar-refractivity contribution is 6.30. The number of hydrogen-bond acceptors (Lipinski definition) is 2. The van der Waals surface area contributed by atoms with Gasteiger partial charge in [0, 0.05) is 11.6 Å². The van der Waals surface area contributed by atoms with Crippen LogP contribution in [0, 0.1) is 11.2 Å². The minimum Gasteiger partial charge on any atom is -0.388 e. The fourth-order valence-electron chi connectivity index (χ4n) is 2.58. The fraction of sp³-hybridized carbons (Fsp3) is 0.562. The summed E-state index contributed by atoms with van der Waals surface area (Å²) in [5.74, 6) is -1.16. The van der Waals surface area contributed by atoms with Crippen LogP contribution < -0.4 is 5.32 Å². The van der Waals surface area contributed by atoms with E-state index in [1.54, 1.807) is 0 Å². The summed E-state index contributed by atoms with van der Waals surface area (Å²) in [7, 11) is 0. The Morgan fingerprint density at radius 2 is 1.95 bits per heavy atom. The van der Waals surface area contributed by atoms with Gasteiger partial charge in [-0.1, -0.05) is 25.4 Å². The van der Waals surface area contributed by atoms with E-state index in [0.717, 1.165) is 18.9 Å². The van der Waals surface area contributed by atoms with Crippen molar-refractivity contribution in [2.75, 3.05) is 6.54 Å². The third-order valence-corrected chi connectivity index (χ3v) is 4.52. The molecule has 0 spiro atoms. The van der Waals surface area contributed by atoms with E-state index < -0.39 is 17.3 Å². The highest BCUT2D eigenvalue weighted by Gasteiger charge is 2.36. The second kappa shape index (κ2) is 5.93. The lowest BCUT2D eigenvalue weighted by Crippen LogP contribution is -2.46. The summed E-state index contributed by atoms with van der Waals surface area (Å²) in [5, 5.41) is 13.4. The zero-order chi connectivity index (χ0) is 15.7. The first kappa shape index (κ1) is 16.2. The summed E-state index contributed by atoms with van der Waals surface area (Å²) in [6, 6.07) is 3.85. The summed E-state index contributed by atoms with van der Waals surface area (Å²) in [5.41, 5.74) is -0.766. The third-order valence-electron chi connectivity index (χ3n) is 4.29. The normalized spacial score (nSPS) is 20.0. The van der Waals surface area contributed by atoms with Crippen molar-refractivity contribution < 1.29 is 14.3 Å². The van der Waals surface area contributed by atoms with E-state index >= 15 is 0 Å². The van der Waals surface area contributed by atoms with Crippen LogP contribution in [0.15, 0.2) is 18.2 Å². The van der Waals surface area contributed by atoms with Gasteiger partial charge in [-0.25, -0.2) is 4.39 Å². The van der Waals surface area contributed by atoms with E-state index in [1.165, 1.54) is 12.1 Å². The summed E-state index contributed by atoms with van der Waals surface area (Å²) < 4.78 is 13.6. The second-order valence-corrected chi connectivity index (χ2v) is 7.13. The first-order chi connectivity index (χ1) is 9.71. The Morgan fingerprint density at radius 1 is 1.33 bits per heavy atom. The van der Waals surface area contributed by atoms with Gasteiger partial charge in [0.05, 0.1) is 11.2 Å². The maximum Gasteiger partial charge on any atom is 0.254 e. The largest absolute Gasteiger partial charge is 0.388 e. The fourth-order valence-corrected chi connectivity index (χ4v) is 2.75. The molecule has 21 heavy (non-hydrogen) atoms. The van der Waals surface area contributed by atoms with Crippen molar-refractivity contribution in [1.29, 1.82) is 0 Å². The van der Waals surface area contributed by atoms with Crippen LogP contribution in [-0.4, -0.2) is 23.2 Å². The number of amides is 1. The minimum atomic E-state index is -0.903. The number of aliphatic hydroxyl groups is 1. The zero-order valence-corrected chi connectivity index (χ0v) is 13.1. The third kappa shape index (κ3) is 4.17. The average molecular weight is 314 g/mol. The topological polar surface area (TPSA) is 49.3 Å². The molecule has 1 fully saturated rings. The van der Waals surface area contributed by atoms with Crippen molar-refractivity contribution in [3.63, 3.8) is 0 Å². The highest BCUT2D eigenvalue weighted by atomic mass is 35.5. The van der Waals surface area contributed by atoms with E-state index in [9.17, 15) is 14.3 Å². The molecular formula is C16H21ClFNO2. The molecule has 0 bridgehead atoms. The molecule has 0 aliphatic heterocycles. The Balaban J connectivity index is 1.97. The number of rotatable bonds is 3. The van der Waals surface area contributed by atoms with E-state index in [-0.39, 0.29) is 17.5 Å². The maximum absolute atomic E-state index is 13.6. The number of carbonyl (C=O) groups is 1. The van der Waals surface area contributed by atoms with E-state index in [1.807, 2.05) is 0 Å². The molecule has 0 saturated heterocycles. The molecule has 1 aliphatic rings. The summed E-state index contributed by atoms with van der Waals surface area (Å²) in [4.78, 5) is 12.0. The molecule has 2 rings (SSSR count). The SMILES string of the molecule is CC1(C)CCC(O)(CNC(=O)c2cc(Cl)ccc2F)CC1. The Bertz CT molecular complexity index is 535. The van der Waals surface area contributed by atoms with Crippen LogP contribution in [0.2, 0.25) is 5.02 Å². The standard InChI is InChI=1S/C16H21ClFNO2/c1-15(2)5-7-16(21,8-6-15)10-19-14(20)12-9-11(17)3-4-13(12)18/h3-4,9,21H,5-8,10H2,1-2H3,(H,19,20). The van der Waals surface area contributed by atoms with Gasteiger partial charge in [-0.2, -0.15) is 0 Å². The lowest BCUT2D eigenvalue weighted by atomic mass is 9.71. The predicted molar refractivity (Wildman–Crippen MR) is 80.9 cm³/mol. The lowest BCUT2D eigenvalue weighted by molar-refractivity contribution is -0.0233. The molecule has 2 N–H and O–H groups in total. The Kier molecular flexibility index (Phi) is 4.59. The molecule has 0 atom stereocenters. The summed E-state index contributed by atoms with van der Waals surface area (Å²) in [6.45, 7) is 4.48. The number of carbonyl (C=O) groups excluding carboxylic acids is 1. The molecule has 1 aromatic rings. The van der Waals surface area contributed by atoms with Crippen LogP contribution in [0.5, 0.6) is 0 Å². The van der Waals surface area contributed by atoms with Gasteiger partial charge in [-0.15, -0.1) is 0 Å². The summed E-state index contributed by atoms with van der Waals surface area (Å²) >= 11 is 5.77. The molecule has 0 heterocycles. The molecule has 1 aromatic carbocycles. The van der Waals surface area contributed by atoms with E-state index in [2.05, 4.69) is 19.2 Å². The molecule has 0 radical (unpaired) electrons. The quantitative estimate of drug-likeness (QED) is 0.896. The van der Waals surface area contributed by atoms with Crippen molar-refractivity contribution in [3.05, 3.63) is 34.6 Å². The Morgan fingerprint density at radius 3 is 2.57 bits per heavy atom. The predicted octanol–water partition coefficient (Wildman–Crippen LogP) is 3.54. The van der Waals surface area contributed by atoms with Crippen LogP contribution >= 0.6 is 11.6 Å². The van der Waals surface area contributed by atoms with Gasteiger partial charge in [0.1, 0.15) is 5.82 Å². The molecule has 0 aromatic heterocycles. The van der Waals surface area contributed by atoms with Gasteiger partial charge < -0.3 is 10.4 Å². The zero-order valence-electron chi connectivity index (χ0n) is 12.4. The number of benzene rings is 1. The number of hydrogen-bond donors (Lipinski definition) is 2. The van der Waals surface area contributed by atoms with Crippen LogP contribution in [0.1, 0.15) is 49.9 Å². The monoisotopic (exact) mass is 313 g/mol. The van der Waals surface area contributed by atoms with Crippen LogP contribution in [0.3, 0.4) is 0 Å². The van der Waals surface area contributed by atoms with Crippen molar-refractivity contribution in [3.8, 4) is 0 Å². The highest BCUT2D eigenvalue weighted by Crippen LogP contribution is 2.39. The first-order valence-electron chi connectivity index (χ1n) is 7.17.